The molecule has 19 heavy (non-hydrogen) atoms. The van der Waals surface area contributed by atoms with Gasteiger partial charge in [-0.15, -0.1) is 11.8 Å². The number of rotatable bonds is 6. The summed E-state index contributed by atoms with van der Waals surface area (Å²) in [6, 6.07) is 6.82. The Labute approximate surface area is 118 Å². The molecule has 0 saturated heterocycles. The number of nitrogens with one attached hydrogen (secondary N) is 2. The van der Waals surface area contributed by atoms with Gasteiger partial charge < -0.3 is 10.6 Å². The highest BCUT2D eigenvalue weighted by atomic mass is 32.2. The van der Waals surface area contributed by atoms with E-state index in [0.717, 1.165) is 11.3 Å². The number of benzene rings is 1. The minimum atomic E-state index is -0.533. The molecule has 0 saturated carbocycles. The second kappa shape index (κ2) is 7.84. The molecule has 0 unspecified atom stereocenters. The molecule has 0 aliphatic rings. The maximum absolute atomic E-state index is 12.1. The van der Waals surface area contributed by atoms with Crippen molar-refractivity contribution < 1.29 is 9.59 Å². The third-order valence-corrected chi connectivity index (χ3v) is 3.44. The lowest BCUT2D eigenvalue weighted by Gasteiger charge is -2.15. The molecule has 0 fully saturated rings. The fourth-order valence-corrected chi connectivity index (χ4v) is 2.17. The van der Waals surface area contributed by atoms with Crippen molar-refractivity contribution in [2.24, 2.45) is 0 Å². The van der Waals surface area contributed by atoms with Gasteiger partial charge in [0, 0.05) is 11.4 Å². The van der Waals surface area contributed by atoms with Crippen LogP contribution in [-0.4, -0.2) is 30.7 Å². The van der Waals surface area contributed by atoms with Crippen LogP contribution in [0, 0.1) is 0 Å². The third kappa shape index (κ3) is 4.59. The zero-order valence-electron chi connectivity index (χ0n) is 11.5. The third-order valence-electron chi connectivity index (χ3n) is 2.64. The van der Waals surface area contributed by atoms with Crippen molar-refractivity contribution in [3.05, 3.63) is 29.8 Å². The van der Waals surface area contributed by atoms with Gasteiger partial charge in [0.15, 0.2) is 0 Å². The van der Waals surface area contributed by atoms with E-state index in [1.807, 2.05) is 31.4 Å². The van der Waals surface area contributed by atoms with Crippen LogP contribution in [0.3, 0.4) is 0 Å². The van der Waals surface area contributed by atoms with E-state index >= 15 is 0 Å². The first-order valence-electron chi connectivity index (χ1n) is 6.31. The molecular formula is C14H20N2O2S. The van der Waals surface area contributed by atoms with Crippen LogP contribution in [0.4, 0.5) is 0 Å². The van der Waals surface area contributed by atoms with Crippen LogP contribution in [-0.2, 0) is 4.79 Å². The van der Waals surface area contributed by atoms with E-state index in [1.165, 1.54) is 11.8 Å². The van der Waals surface area contributed by atoms with Crippen molar-refractivity contribution in [1.29, 1.82) is 0 Å². The predicted molar refractivity (Wildman–Crippen MR) is 78.5 cm³/mol. The van der Waals surface area contributed by atoms with Crippen molar-refractivity contribution in [3.8, 4) is 0 Å². The van der Waals surface area contributed by atoms with Crippen LogP contribution in [0.15, 0.2) is 29.2 Å². The average molecular weight is 280 g/mol. The molecule has 1 rings (SSSR count). The lowest BCUT2D eigenvalue weighted by atomic mass is 10.2. The minimum absolute atomic E-state index is 0.156. The number of hydrogen-bond acceptors (Lipinski definition) is 3. The molecule has 2 amide bonds. The van der Waals surface area contributed by atoms with Gasteiger partial charge in [-0.1, -0.05) is 19.1 Å². The quantitative estimate of drug-likeness (QED) is 0.784. The summed E-state index contributed by atoms with van der Waals surface area (Å²) < 4.78 is 0. The summed E-state index contributed by atoms with van der Waals surface area (Å²) in [5, 5.41) is 5.47. The van der Waals surface area contributed by atoms with E-state index < -0.39 is 6.04 Å². The number of thioether (sulfide) groups is 1. The highest BCUT2D eigenvalue weighted by molar-refractivity contribution is 7.98. The first kappa shape index (κ1) is 15.6. The largest absolute Gasteiger partial charge is 0.354 e. The summed E-state index contributed by atoms with van der Waals surface area (Å²) in [6.45, 7) is 4.29. The van der Waals surface area contributed by atoms with Gasteiger partial charge in [0.2, 0.25) is 5.91 Å². The smallest absolute Gasteiger partial charge is 0.253 e. The van der Waals surface area contributed by atoms with Crippen molar-refractivity contribution in [2.75, 3.05) is 12.8 Å². The number of carbonyl (C=O) groups excluding carboxylic acids is 2. The fraction of sp³-hybridized carbons (Fsp3) is 0.429. The summed E-state index contributed by atoms with van der Waals surface area (Å²) in [4.78, 5) is 24.7. The molecule has 1 atom stereocenters. The number of amides is 2. The lowest BCUT2D eigenvalue weighted by Crippen LogP contribution is -2.45. The fourth-order valence-electron chi connectivity index (χ4n) is 1.57. The van der Waals surface area contributed by atoms with Crippen molar-refractivity contribution in [1.82, 2.24) is 10.6 Å². The van der Waals surface area contributed by atoms with Gasteiger partial charge in [-0.25, -0.2) is 0 Å². The molecule has 104 valence electrons. The van der Waals surface area contributed by atoms with Crippen LogP contribution >= 0.6 is 11.8 Å². The Kier molecular flexibility index (Phi) is 6.42. The Balaban J connectivity index is 2.66. The molecule has 4 nitrogen and oxygen atoms in total. The SMILES string of the molecule is CCCNC(=O)[C@H](C)NC(=O)c1ccccc1SC. The molecule has 2 N–H and O–H groups in total. The van der Waals surface area contributed by atoms with E-state index in [0.29, 0.717) is 12.1 Å². The maximum atomic E-state index is 12.1. The highest BCUT2D eigenvalue weighted by Gasteiger charge is 2.17. The zero-order chi connectivity index (χ0) is 14.3. The molecule has 0 aromatic heterocycles. The first-order valence-corrected chi connectivity index (χ1v) is 7.54. The molecule has 0 spiro atoms. The summed E-state index contributed by atoms with van der Waals surface area (Å²) in [7, 11) is 0. The Morgan fingerprint density at radius 2 is 2.00 bits per heavy atom. The minimum Gasteiger partial charge on any atom is -0.354 e. The molecule has 0 aliphatic carbocycles. The van der Waals surface area contributed by atoms with Crippen LogP contribution in [0.1, 0.15) is 30.6 Å². The topological polar surface area (TPSA) is 58.2 Å². The average Bonchev–Trinajstić information content (AvgIpc) is 2.44. The first-order chi connectivity index (χ1) is 9.10. The van der Waals surface area contributed by atoms with E-state index in [9.17, 15) is 9.59 Å². The van der Waals surface area contributed by atoms with Crippen LogP contribution < -0.4 is 10.6 Å². The van der Waals surface area contributed by atoms with E-state index in [2.05, 4.69) is 10.6 Å². The Hall–Kier alpha value is -1.49. The van der Waals surface area contributed by atoms with Gasteiger partial charge in [0.1, 0.15) is 6.04 Å². The highest BCUT2D eigenvalue weighted by Crippen LogP contribution is 2.19. The van der Waals surface area contributed by atoms with Crippen molar-refractivity contribution >= 4 is 23.6 Å². The van der Waals surface area contributed by atoms with Crippen LogP contribution in [0.2, 0.25) is 0 Å². The Bertz CT molecular complexity index is 449. The van der Waals surface area contributed by atoms with Gasteiger partial charge >= 0.3 is 0 Å². The number of hydrogen-bond donors (Lipinski definition) is 2. The summed E-state index contributed by atoms with van der Waals surface area (Å²) in [6.07, 6.45) is 2.80. The van der Waals surface area contributed by atoms with Crippen molar-refractivity contribution in [2.45, 2.75) is 31.2 Å². The van der Waals surface area contributed by atoms with Gasteiger partial charge in [-0.3, -0.25) is 9.59 Å². The Morgan fingerprint density at radius 1 is 1.32 bits per heavy atom. The molecule has 1 aromatic carbocycles. The molecule has 1 aromatic rings. The monoisotopic (exact) mass is 280 g/mol. The molecule has 0 bridgehead atoms. The maximum Gasteiger partial charge on any atom is 0.253 e. The van der Waals surface area contributed by atoms with Gasteiger partial charge in [0.05, 0.1) is 5.56 Å². The van der Waals surface area contributed by atoms with Crippen LogP contribution in [0.5, 0.6) is 0 Å². The Morgan fingerprint density at radius 3 is 2.63 bits per heavy atom. The second-order valence-electron chi connectivity index (χ2n) is 4.19. The van der Waals surface area contributed by atoms with Gasteiger partial charge in [-0.05, 0) is 31.7 Å². The van der Waals surface area contributed by atoms with E-state index in [-0.39, 0.29) is 11.8 Å². The summed E-state index contributed by atoms with van der Waals surface area (Å²) in [5.74, 6) is -0.374. The summed E-state index contributed by atoms with van der Waals surface area (Å²) >= 11 is 1.51. The van der Waals surface area contributed by atoms with Gasteiger partial charge in [-0.2, -0.15) is 0 Å². The number of carbonyl (C=O) groups is 2. The van der Waals surface area contributed by atoms with E-state index in [4.69, 9.17) is 0 Å². The molecule has 0 radical (unpaired) electrons. The van der Waals surface area contributed by atoms with E-state index in [1.54, 1.807) is 13.0 Å². The normalized spacial score (nSPS) is 11.7. The molecule has 5 heteroatoms. The molecular weight excluding hydrogens is 260 g/mol. The predicted octanol–water partition coefficient (Wildman–Crippen LogP) is 2.05. The molecule has 0 aliphatic heterocycles. The molecule has 0 heterocycles. The summed E-state index contributed by atoms with van der Waals surface area (Å²) in [5.41, 5.74) is 0.602. The second-order valence-corrected chi connectivity index (χ2v) is 5.03. The zero-order valence-corrected chi connectivity index (χ0v) is 12.3. The van der Waals surface area contributed by atoms with Gasteiger partial charge in [0.25, 0.3) is 5.91 Å². The van der Waals surface area contributed by atoms with Crippen LogP contribution in [0.25, 0.3) is 0 Å². The van der Waals surface area contributed by atoms with Crippen molar-refractivity contribution in [3.63, 3.8) is 0 Å². The standard InChI is InChI=1S/C14H20N2O2S/c1-4-9-15-13(17)10(2)16-14(18)11-7-5-6-8-12(11)19-3/h5-8,10H,4,9H2,1-3H3,(H,15,17)(H,16,18)/t10-/m0/s1. The lowest BCUT2D eigenvalue weighted by molar-refractivity contribution is -0.122.